The molecule has 0 aromatic carbocycles. The second-order valence-electron chi connectivity index (χ2n) is 3.39. The summed E-state index contributed by atoms with van der Waals surface area (Å²) in [5.74, 6) is 0.646. The van der Waals surface area contributed by atoms with Crippen LogP contribution in [-0.4, -0.2) is 13.1 Å². The first-order valence-corrected chi connectivity index (χ1v) is 4.42. The lowest BCUT2D eigenvalue weighted by atomic mass is 9.97. The van der Waals surface area contributed by atoms with E-state index >= 15 is 0 Å². The molecule has 0 amide bonds. The minimum atomic E-state index is 0.555. The van der Waals surface area contributed by atoms with Crippen LogP contribution < -0.4 is 5.32 Å². The van der Waals surface area contributed by atoms with Crippen molar-refractivity contribution >= 4 is 0 Å². The Morgan fingerprint density at radius 1 is 1.50 bits per heavy atom. The standard InChI is InChI=1S/C10H17NO/c1-8(9(2)11-3)6-10-4-5-12-7-10/h4-5,7-9,11H,6H2,1-3H3. The van der Waals surface area contributed by atoms with Crippen LogP contribution in [-0.2, 0) is 6.42 Å². The van der Waals surface area contributed by atoms with E-state index in [4.69, 9.17) is 4.42 Å². The highest BCUT2D eigenvalue weighted by Gasteiger charge is 2.10. The average molecular weight is 167 g/mol. The van der Waals surface area contributed by atoms with Crippen molar-refractivity contribution in [2.24, 2.45) is 5.92 Å². The Kier molecular flexibility index (Phi) is 3.35. The van der Waals surface area contributed by atoms with Crippen molar-refractivity contribution in [3.63, 3.8) is 0 Å². The molecule has 0 radical (unpaired) electrons. The van der Waals surface area contributed by atoms with Crippen molar-refractivity contribution in [1.29, 1.82) is 0 Å². The van der Waals surface area contributed by atoms with E-state index in [2.05, 4.69) is 19.2 Å². The van der Waals surface area contributed by atoms with Gasteiger partial charge in [0.1, 0.15) is 0 Å². The Balaban J connectivity index is 2.41. The number of furan rings is 1. The van der Waals surface area contributed by atoms with Gasteiger partial charge in [0.05, 0.1) is 12.5 Å². The predicted octanol–water partition coefficient (Wildman–Crippen LogP) is 2.07. The van der Waals surface area contributed by atoms with E-state index in [1.807, 2.05) is 19.4 Å². The predicted molar refractivity (Wildman–Crippen MR) is 50.1 cm³/mol. The van der Waals surface area contributed by atoms with Gasteiger partial charge in [0.2, 0.25) is 0 Å². The van der Waals surface area contributed by atoms with Crippen LogP contribution in [0, 0.1) is 5.92 Å². The summed E-state index contributed by atoms with van der Waals surface area (Å²) in [6.45, 7) is 4.44. The molecule has 68 valence electrons. The van der Waals surface area contributed by atoms with Gasteiger partial charge in [0.25, 0.3) is 0 Å². The highest BCUT2D eigenvalue weighted by atomic mass is 16.3. The van der Waals surface area contributed by atoms with Crippen LogP contribution in [0.1, 0.15) is 19.4 Å². The van der Waals surface area contributed by atoms with Crippen LogP contribution in [0.25, 0.3) is 0 Å². The first-order valence-electron chi connectivity index (χ1n) is 4.42. The normalized spacial score (nSPS) is 15.9. The molecule has 2 nitrogen and oxygen atoms in total. The zero-order valence-corrected chi connectivity index (χ0v) is 8.00. The molecule has 0 spiro atoms. The zero-order valence-electron chi connectivity index (χ0n) is 8.00. The largest absolute Gasteiger partial charge is 0.472 e. The molecule has 0 aliphatic carbocycles. The topological polar surface area (TPSA) is 25.2 Å². The lowest BCUT2D eigenvalue weighted by Crippen LogP contribution is -2.29. The van der Waals surface area contributed by atoms with Crippen LogP contribution in [0.5, 0.6) is 0 Å². The van der Waals surface area contributed by atoms with Gasteiger partial charge in [-0.1, -0.05) is 6.92 Å². The van der Waals surface area contributed by atoms with Gasteiger partial charge in [-0.25, -0.2) is 0 Å². The third-order valence-electron chi connectivity index (χ3n) is 2.45. The first kappa shape index (κ1) is 9.33. The summed E-state index contributed by atoms with van der Waals surface area (Å²) >= 11 is 0. The molecule has 0 aliphatic heterocycles. The first-order chi connectivity index (χ1) is 5.74. The van der Waals surface area contributed by atoms with E-state index in [-0.39, 0.29) is 0 Å². The van der Waals surface area contributed by atoms with Crippen molar-refractivity contribution in [2.45, 2.75) is 26.3 Å². The van der Waals surface area contributed by atoms with Crippen LogP contribution in [0.2, 0.25) is 0 Å². The lowest BCUT2D eigenvalue weighted by Gasteiger charge is -2.17. The summed E-state index contributed by atoms with van der Waals surface area (Å²) in [6.07, 6.45) is 4.63. The highest BCUT2D eigenvalue weighted by Crippen LogP contribution is 2.11. The molecule has 1 aromatic rings. The molecule has 1 aromatic heterocycles. The Morgan fingerprint density at radius 3 is 2.75 bits per heavy atom. The number of nitrogens with one attached hydrogen (secondary N) is 1. The SMILES string of the molecule is CNC(C)C(C)Cc1ccoc1. The summed E-state index contributed by atoms with van der Waals surface area (Å²) in [5, 5.41) is 3.25. The number of hydrogen-bond donors (Lipinski definition) is 1. The molecule has 2 heteroatoms. The van der Waals surface area contributed by atoms with Gasteiger partial charge in [-0.05, 0) is 37.9 Å². The third-order valence-corrected chi connectivity index (χ3v) is 2.45. The Morgan fingerprint density at radius 2 is 2.25 bits per heavy atom. The minimum absolute atomic E-state index is 0.555. The summed E-state index contributed by atoms with van der Waals surface area (Å²) < 4.78 is 5.01. The van der Waals surface area contributed by atoms with E-state index in [1.54, 1.807) is 6.26 Å². The molecule has 2 unspecified atom stereocenters. The monoisotopic (exact) mass is 167 g/mol. The van der Waals surface area contributed by atoms with Crippen molar-refractivity contribution < 1.29 is 4.42 Å². The number of rotatable bonds is 4. The van der Waals surface area contributed by atoms with Crippen LogP contribution in [0.3, 0.4) is 0 Å². The minimum Gasteiger partial charge on any atom is -0.472 e. The molecular formula is C10H17NO. The lowest BCUT2D eigenvalue weighted by molar-refractivity contribution is 0.422. The molecule has 0 saturated carbocycles. The molecular weight excluding hydrogens is 150 g/mol. The van der Waals surface area contributed by atoms with Gasteiger partial charge in [-0.3, -0.25) is 0 Å². The summed E-state index contributed by atoms with van der Waals surface area (Å²) in [6, 6.07) is 2.58. The molecule has 1 N–H and O–H groups in total. The molecule has 0 bridgehead atoms. The Labute approximate surface area is 74.0 Å². The van der Waals surface area contributed by atoms with Crippen LogP contribution in [0.4, 0.5) is 0 Å². The van der Waals surface area contributed by atoms with E-state index < -0.39 is 0 Å². The van der Waals surface area contributed by atoms with Crippen LogP contribution >= 0.6 is 0 Å². The molecule has 1 rings (SSSR count). The van der Waals surface area contributed by atoms with Gasteiger partial charge in [-0.15, -0.1) is 0 Å². The average Bonchev–Trinajstić information content (AvgIpc) is 2.55. The zero-order chi connectivity index (χ0) is 8.97. The van der Waals surface area contributed by atoms with Crippen LogP contribution in [0.15, 0.2) is 23.0 Å². The van der Waals surface area contributed by atoms with Crippen molar-refractivity contribution in [3.05, 3.63) is 24.2 Å². The summed E-state index contributed by atoms with van der Waals surface area (Å²) in [5.41, 5.74) is 1.28. The Hall–Kier alpha value is -0.760. The maximum absolute atomic E-state index is 5.01. The fourth-order valence-corrected chi connectivity index (χ4v) is 1.24. The summed E-state index contributed by atoms with van der Waals surface area (Å²) in [4.78, 5) is 0. The second-order valence-corrected chi connectivity index (χ2v) is 3.39. The van der Waals surface area contributed by atoms with E-state index in [1.165, 1.54) is 5.56 Å². The van der Waals surface area contributed by atoms with E-state index in [0.29, 0.717) is 12.0 Å². The van der Waals surface area contributed by atoms with Crippen molar-refractivity contribution in [1.82, 2.24) is 5.32 Å². The van der Waals surface area contributed by atoms with Crippen molar-refractivity contribution in [3.8, 4) is 0 Å². The number of hydrogen-bond acceptors (Lipinski definition) is 2. The second kappa shape index (κ2) is 4.31. The molecule has 2 atom stereocenters. The molecule has 0 aliphatic rings. The van der Waals surface area contributed by atoms with Gasteiger partial charge in [0, 0.05) is 6.04 Å². The maximum Gasteiger partial charge on any atom is 0.0934 e. The van der Waals surface area contributed by atoms with Gasteiger partial charge in [-0.2, -0.15) is 0 Å². The van der Waals surface area contributed by atoms with E-state index in [9.17, 15) is 0 Å². The smallest absolute Gasteiger partial charge is 0.0934 e. The highest BCUT2D eigenvalue weighted by molar-refractivity contribution is 5.06. The molecule has 0 saturated heterocycles. The molecule has 12 heavy (non-hydrogen) atoms. The quantitative estimate of drug-likeness (QED) is 0.742. The fourth-order valence-electron chi connectivity index (χ4n) is 1.24. The maximum atomic E-state index is 5.01. The van der Waals surface area contributed by atoms with Crippen molar-refractivity contribution in [2.75, 3.05) is 7.05 Å². The molecule has 1 heterocycles. The van der Waals surface area contributed by atoms with Gasteiger partial charge in [0.15, 0.2) is 0 Å². The Bertz CT molecular complexity index is 206. The molecule has 0 fully saturated rings. The van der Waals surface area contributed by atoms with Gasteiger partial charge < -0.3 is 9.73 Å². The van der Waals surface area contributed by atoms with Gasteiger partial charge >= 0.3 is 0 Å². The fraction of sp³-hybridized carbons (Fsp3) is 0.600. The third kappa shape index (κ3) is 2.38. The van der Waals surface area contributed by atoms with E-state index in [0.717, 1.165) is 6.42 Å². The summed E-state index contributed by atoms with van der Waals surface area (Å²) in [7, 11) is 2.00.